The van der Waals surface area contributed by atoms with Crippen LogP contribution < -0.4 is 0 Å². The average Bonchev–Trinajstić information content (AvgIpc) is 3.22. The summed E-state index contributed by atoms with van der Waals surface area (Å²) in [6.45, 7) is 2.35. The largest absolute Gasteiger partial charge is 0.445 e. The van der Waals surface area contributed by atoms with Crippen molar-refractivity contribution in [2.45, 2.75) is 26.6 Å². The summed E-state index contributed by atoms with van der Waals surface area (Å²) in [5, 5.41) is 12.7. The number of fused-ring (bicyclic) bond motifs is 1. The van der Waals surface area contributed by atoms with Crippen molar-refractivity contribution in [3.8, 4) is 0 Å². The zero-order valence-corrected chi connectivity index (χ0v) is 20.9. The first kappa shape index (κ1) is 25.4. The molecule has 0 radical (unpaired) electrons. The molecule has 37 heavy (non-hydrogen) atoms. The molecule has 0 spiro atoms. The highest BCUT2D eigenvalue weighted by Gasteiger charge is 2.22. The van der Waals surface area contributed by atoms with Gasteiger partial charge < -0.3 is 19.5 Å². The highest BCUT2D eigenvalue weighted by Crippen LogP contribution is 2.25. The maximum absolute atomic E-state index is 13.2. The fourth-order valence-corrected chi connectivity index (χ4v) is 4.20. The maximum Gasteiger partial charge on any atom is 0.410 e. The number of carbonyl (C=O) groups is 2. The van der Waals surface area contributed by atoms with Gasteiger partial charge in [0.1, 0.15) is 6.61 Å². The van der Waals surface area contributed by atoms with Crippen LogP contribution in [0.4, 0.5) is 10.5 Å². The van der Waals surface area contributed by atoms with E-state index in [1.807, 2.05) is 61.5 Å². The SMILES string of the molecule is Cc1c(CN(C)C(=O)c2ccc([N+](=O)[O-])c(CN(C)C(=O)OCc3ccccc3)c2)[nH]c2ccccc12. The number of nitro benzene ring substituents is 1. The van der Waals surface area contributed by atoms with Crippen molar-refractivity contribution >= 4 is 28.6 Å². The molecule has 1 aromatic heterocycles. The van der Waals surface area contributed by atoms with E-state index in [4.69, 9.17) is 4.74 Å². The third kappa shape index (κ3) is 5.78. The van der Waals surface area contributed by atoms with Crippen molar-refractivity contribution in [2.24, 2.45) is 0 Å². The van der Waals surface area contributed by atoms with E-state index in [1.165, 1.54) is 30.1 Å². The van der Waals surface area contributed by atoms with Crippen LogP contribution in [0, 0.1) is 17.0 Å². The normalized spacial score (nSPS) is 10.8. The number of nitro groups is 1. The van der Waals surface area contributed by atoms with Gasteiger partial charge in [0, 0.05) is 42.3 Å². The van der Waals surface area contributed by atoms with Gasteiger partial charge in [0.2, 0.25) is 0 Å². The molecule has 1 N–H and O–H groups in total. The number of aryl methyl sites for hydroxylation is 1. The Hall–Kier alpha value is -4.66. The molecular weight excluding hydrogens is 472 g/mol. The van der Waals surface area contributed by atoms with Crippen LogP contribution in [-0.4, -0.2) is 45.8 Å². The van der Waals surface area contributed by atoms with Crippen LogP contribution in [0.15, 0.2) is 72.8 Å². The molecular formula is C28H28N4O5. The minimum atomic E-state index is -0.624. The smallest absolute Gasteiger partial charge is 0.410 e. The molecule has 0 saturated carbocycles. The Bertz CT molecular complexity index is 1450. The van der Waals surface area contributed by atoms with Crippen LogP contribution in [0.2, 0.25) is 0 Å². The van der Waals surface area contributed by atoms with Crippen molar-refractivity contribution in [3.63, 3.8) is 0 Å². The number of aromatic nitrogens is 1. The molecule has 2 amide bonds. The second-order valence-corrected chi connectivity index (χ2v) is 8.93. The number of rotatable bonds is 8. The predicted octanol–water partition coefficient (Wildman–Crippen LogP) is 5.43. The molecule has 0 aliphatic heterocycles. The summed E-state index contributed by atoms with van der Waals surface area (Å²) in [5.74, 6) is -0.288. The first-order valence-corrected chi connectivity index (χ1v) is 11.8. The second kappa shape index (κ2) is 10.9. The van der Waals surface area contributed by atoms with Gasteiger partial charge >= 0.3 is 6.09 Å². The quantitative estimate of drug-likeness (QED) is 0.256. The second-order valence-electron chi connectivity index (χ2n) is 8.93. The fourth-order valence-electron chi connectivity index (χ4n) is 4.20. The van der Waals surface area contributed by atoms with Gasteiger partial charge in [-0.25, -0.2) is 4.79 Å². The van der Waals surface area contributed by atoms with Crippen molar-refractivity contribution in [2.75, 3.05) is 14.1 Å². The highest BCUT2D eigenvalue weighted by molar-refractivity contribution is 5.94. The van der Waals surface area contributed by atoms with Gasteiger partial charge in [-0.2, -0.15) is 0 Å². The molecule has 0 fully saturated rings. The van der Waals surface area contributed by atoms with Crippen LogP contribution in [0.1, 0.15) is 32.7 Å². The number of hydrogen-bond acceptors (Lipinski definition) is 5. The molecule has 4 aromatic rings. The third-order valence-electron chi connectivity index (χ3n) is 6.26. The third-order valence-corrected chi connectivity index (χ3v) is 6.26. The van der Waals surface area contributed by atoms with E-state index in [1.54, 1.807) is 11.9 Å². The first-order valence-electron chi connectivity index (χ1n) is 11.8. The van der Waals surface area contributed by atoms with E-state index >= 15 is 0 Å². The Balaban J connectivity index is 1.48. The summed E-state index contributed by atoms with van der Waals surface area (Å²) in [6.07, 6.45) is -0.624. The lowest BCUT2D eigenvalue weighted by molar-refractivity contribution is -0.385. The molecule has 0 atom stereocenters. The van der Waals surface area contributed by atoms with Crippen LogP contribution in [0.3, 0.4) is 0 Å². The van der Waals surface area contributed by atoms with Crippen LogP contribution in [-0.2, 0) is 24.4 Å². The molecule has 0 saturated heterocycles. The van der Waals surface area contributed by atoms with E-state index in [9.17, 15) is 19.7 Å². The van der Waals surface area contributed by atoms with Crippen molar-refractivity contribution in [3.05, 3.63) is 111 Å². The maximum atomic E-state index is 13.2. The summed E-state index contributed by atoms with van der Waals surface area (Å²) < 4.78 is 5.32. The molecule has 4 rings (SSSR count). The standard InChI is InChI=1S/C28H28N4O5/c1-19-23-11-7-8-12-24(23)29-25(19)17-30(2)27(33)21-13-14-26(32(35)36)22(15-21)16-31(3)28(34)37-18-20-9-5-4-6-10-20/h4-15,29H,16-18H2,1-3H3. The van der Waals surface area contributed by atoms with Crippen molar-refractivity contribution in [1.82, 2.24) is 14.8 Å². The van der Waals surface area contributed by atoms with E-state index < -0.39 is 11.0 Å². The number of benzene rings is 3. The molecule has 0 bridgehead atoms. The number of ether oxygens (including phenoxy) is 1. The average molecular weight is 501 g/mol. The Kier molecular flexibility index (Phi) is 7.52. The first-order chi connectivity index (χ1) is 17.7. The van der Waals surface area contributed by atoms with Gasteiger partial charge in [0.05, 0.1) is 23.6 Å². The van der Waals surface area contributed by atoms with Crippen molar-refractivity contribution < 1.29 is 19.2 Å². The van der Waals surface area contributed by atoms with Gasteiger partial charge in [-0.15, -0.1) is 0 Å². The number of nitrogens with one attached hydrogen (secondary N) is 1. The predicted molar refractivity (Wildman–Crippen MR) is 140 cm³/mol. The van der Waals surface area contributed by atoms with Gasteiger partial charge in [0.15, 0.2) is 0 Å². The molecule has 0 aliphatic carbocycles. The van der Waals surface area contributed by atoms with Gasteiger partial charge in [-0.3, -0.25) is 14.9 Å². The molecule has 0 unspecified atom stereocenters. The number of para-hydroxylation sites is 1. The summed E-state index contributed by atoms with van der Waals surface area (Å²) in [6, 6.07) is 21.3. The molecule has 190 valence electrons. The zero-order valence-electron chi connectivity index (χ0n) is 20.9. The molecule has 9 nitrogen and oxygen atoms in total. The number of carbonyl (C=O) groups excluding carboxylic acids is 2. The summed E-state index contributed by atoms with van der Waals surface area (Å²) in [4.78, 5) is 43.0. The van der Waals surface area contributed by atoms with Gasteiger partial charge in [-0.1, -0.05) is 48.5 Å². The highest BCUT2D eigenvalue weighted by atomic mass is 16.6. The van der Waals surface area contributed by atoms with Crippen molar-refractivity contribution in [1.29, 1.82) is 0 Å². The minimum Gasteiger partial charge on any atom is -0.445 e. The lowest BCUT2D eigenvalue weighted by Crippen LogP contribution is -2.28. The Morgan fingerprint density at radius 1 is 0.946 bits per heavy atom. The van der Waals surface area contributed by atoms with E-state index in [0.29, 0.717) is 12.1 Å². The fraction of sp³-hybridized carbons (Fsp3) is 0.214. The Morgan fingerprint density at radius 2 is 1.65 bits per heavy atom. The van der Waals surface area contributed by atoms with Gasteiger partial charge in [0.25, 0.3) is 11.6 Å². The molecule has 9 heteroatoms. The number of amides is 2. The molecule has 0 aliphatic rings. The van der Waals surface area contributed by atoms with E-state index in [2.05, 4.69) is 4.98 Å². The number of aromatic amines is 1. The summed E-state index contributed by atoms with van der Waals surface area (Å²) >= 11 is 0. The number of H-pyrrole nitrogens is 1. The van der Waals surface area contributed by atoms with E-state index in [-0.39, 0.29) is 30.3 Å². The topological polar surface area (TPSA) is 109 Å². The number of nitrogens with zero attached hydrogens (tertiary/aromatic N) is 3. The van der Waals surface area contributed by atoms with Crippen LogP contribution in [0.5, 0.6) is 0 Å². The summed E-state index contributed by atoms with van der Waals surface area (Å²) in [5.41, 5.74) is 4.17. The molecule has 1 heterocycles. The zero-order chi connectivity index (χ0) is 26.5. The van der Waals surface area contributed by atoms with Crippen LogP contribution >= 0.6 is 0 Å². The number of hydrogen-bond donors (Lipinski definition) is 1. The van der Waals surface area contributed by atoms with Gasteiger partial charge in [-0.05, 0) is 36.2 Å². The monoisotopic (exact) mass is 500 g/mol. The Morgan fingerprint density at radius 3 is 2.35 bits per heavy atom. The van der Waals surface area contributed by atoms with E-state index in [0.717, 1.165) is 27.7 Å². The lowest BCUT2D eigenvalue weighted by Gasteiger charge is -2.19. The molecule has 3 aromatic carbocycles. The Labute approximate surface area is 214 Å². The lowest BCUT2D eigenvalue weighted by atomic mass is 10.1. The van der Waals surface area contributed by atoms with Crippen LogP contribution in [0.25, 0.3) is 10.9 Å². The minimum absolute atomic E-state index is 0.0859. The summed E-state index contributed by atoms with van der Waals surface area (Å²) in [7, 11) is 3.18.